The Morgan fingerprint density at radius 1 is 0.812 bits per heavy atom. The van der Waals surface area contributed by atoms with Crippen LogP contribution >= 0.6 is 0 Å². The monoisotopic (exact) mass is 224 g/mol. The fourth-order valence-corrected chi connectivity index (χ4v) is 4.18. The molecule has 3 fully saturated rings. The number of nitrogens with two attached hydrogens (primary N) is 1. The summed E-state index contributed by atoms with van der Waals surface area (Å²) in [6, 6.07) is 2.57. The van der Waals surface area contributed by atoms with Crippen LogP contribution in [0.1, 0.15) is 51.4 Å². The lowest BCUT2D eigenvalue weighted by atomic mass is 9.87. The topological polar surface area (TPSA) is 49.5 Å². The maximum atomic E-state index is 9.80. The molecule has 0 aromatic rings. The van der Waals surface area contributed by atoms with E-state index in [9.17, 15) is 5.11 Å². The summed E-state index contributed by atoms with van der Waals surface area (Å²) in [5, 5.41) is 9.80. The van der Waals surface area contributed by atoms with Crippen LogP contribution in [0.15, 0.2) is 0 Å². The molecular formula is C13H24N2O. The normalized spacial score (nSPS) is 49.5. The predicted octanol–water partition coefficient (Wildman–Crippen LogP) is 1.24. The minimum Gasteiger partial charge on any atom is -0.393 e. The van der Waals surface area contributed by atoms with Crippen LogP contribution in [0.25, 0.3) is 0 Å². The summed E-state index contributed by atoms with van der Waals surface area (Å²) in [4.78, 5) is 2.75. The minimum atomic E-state index is -0.0282. The van der Waals surface area contributed by atoms with Gasteiger partial charge in [0.2, 0.25) is 0 Å². The molecule has 2 heterocycles. The average Bonchev–Trinajstić information content (AvgIpc) is 2.54. The first-order chi connectivity index (χ1) is 7.74. The Morgan fingerprint density at radius 3 is 1.88 bits per heavy atom. The van der Waals surface area contributed by atoms with Gasteiger partial charge < -0.3 is 10.8 Å². The highest BCUT2D eigenvalue weighted by molar-refractivity contribution is 4.99. The zero-order valence-electron chi connectivity index (χ0n) is 10.0. The van der Waals surface area contributed by atoms with Crippen LogP contribution in [0, 0.1) is 0 Å². The average molecular weight is 224 g/mol. The summed E-state index contributed by atoms with van der Waals surface area (Å²) in [6.07, 6.45) is 9.58. The SMILES string of the molecule is NC1CCC(N2C3CCC2CC(O)C3)CC1. The van der Waals surface area contributed by atoms with Gasteiger partial charge in [-0.1, -0.05) is 0 Å². The number of hydrogen-bond donors (Lipinski definition) is 2. The van der Waals surface area contributed by atoms with Crippen molar-refractivity contribution < 1.29 is 5.11 Å². The van der Waals surface area contributed by atoms with Gasteiger partial charge in [-0.25, -0.2) is 0 Å². The van der Waals surface area contributed by atoms with Gasteiger partial charge in [-0.2, -0.15) is 0 Å². The summed E-state index contributed by atoms with van der Waals surface area (Å²) in [6.45, 7) is 0. The van der Waals surface area contributed by atoms with Crippen LogP contribution in [0.4, 0.5) is 0 Å². The smallest absolute Gasteiger partial charge is 0.0570 e. The van der Waals surface area contributed by atoms with E-state index in [4.69, 9.17) is 5.73 Å². The van der Waals surface area contributed by atoms with Crippen molar-refractivity contribution in [2.45, 2.75) is 81.6 Å². The van der Waals surface area contributed by atoms with E-state index >= 15 is 0 Å². The third kappa shape index (κ3) is 1.89. The molecule has 2 atom stereocenters. The van der Waals surface area contributed by atoms with Gasteiger partial charge in [0.1, 0.15) is 0 Å². The third-order valence-electron chi connectivity index (χ3n) is 4.93. The number of hydrogen-bond acceptors (Lipinski definition) is 3. The van der Waals surface area contributed by atoms with Crippen molar-refractivity contribution in [3.05, 3.63) is 0 Å². The Balaban J connectivity index is 1.67. The number of fused-ring (bicyclic) bond motifs is 2. The molecule has 1 aliphatic carbocycles. The van der Waals surface area contributed by atoms with Crippen molar-refractivity contribution >= 4 is 0 Å². The highest BCUT2D eigenvalue weighted by Gasteiger charge is 2.43. The fraction of sp³-hybridized carbons (Fsp3) is 1.00. The second-order valence-electron chi connectivity index (χ2n) is 6.03. The standard InChI is InChI=1S/C13H24N2O/c14-9-1-3-10(4-2-9)15-11-5-6-12(15)8-13(16)7-11/h9-13,16H,1-8,14H2. The number of aliphatic hydroxyl groups excluding tert-OH is 1. The van der Waals surface area contributed by atoms with Crippen LogP contribution in [0.2, 0.25) is 0 Å². The lowest BCUT2D eigenvalue weighted by Gasteiger charge is -2.44. The molecule has 0 aromatic carbocycles. The van der Waals surface area contributed by atoms with Crippen molar-refractivity contribution in [1.29, 1.82) is 0 Å². The van der Waals surface area contributed by atoms with Crippen LogP contribution in [0.3, 0.4) is 0 Å². The number of nitrogens with zero attached hydrogens (tertiary/aromatic N) is 1. The molecular weight excluding hydrogens is 200 g/mol. The number of aliphatic hydroxyl groups is 1. The Morgan fingerprint density at radius 2 is 1.31 bits per heavy atom. The second-order valence-corrected chi connectivity index (χ2v) is 6.03. The molecule has 92 valence electrons. The molecule has 2 aliphatic heterocycles. The molecule has 0 aromatic heterocycles. The van der Waals surface area contributed by atoms with Gasteiger partial charge in [0.25, 0.3) is 0 Å². The van der Waals surface area contributed by atoms with Gasteiger partial charge in [-0.3, -0.25) is 4.90 Å². The van der Waals surface area contributed by atoms with Crippen molar-refractivity contribution in [2.24, 2.45) is 5.73 Å². The van der Waals surface area contributed by atoms with Crippen molar-refractivity contribution in [3.63, 3.8) is 0 Å². The summed E-state index contributed by atoms with van der Waals surface area (Å²) < 4.78 is 0. The maximum absolute atomic E-state index is 9.80. The third-order valence-corrected chi connectivity index (χ3v) is 4.93. The van der Waals surface area contributed by atoms with Crippen molar-refractivity contribution in [2.75, 3.05) is 0 Å². The van der Waals surface area contributed by atoms with Crippen LogP contribution in [-0.2, 0) is 0 Å². The molecule has 0 radical (unpaired) electrons. The summed E-state index contributed by atoms with van der Waals surface area (Å²) >= 11 is 0. The summed E-state index contributed by atoms with van der Waals surface area (Å²) in [7, 11) is 0. The molecule has 3 N–H and O–H groups in total. The van der Waals surface area contributed by atoms with Gasteiger partial charge in [0, 0.05) is 24.2 Å². The van der Waals surface area contributed by atoms with Gasteiger partial charge in [0.15, 0.2) is 0 Å². The Hall–Kier alpha value is -0.120. The van der Waals surface area contributed by atoms with E-state index in [0.717, 1.165) is 18.9 Å². The number of rotatable bonds is 1. The van der Waals surface area contributed by atoms with E-state index in [-0.39, 0.29) is 6.10 Å². The van der Waals surface area contributed by atoms with Crippen molar-refractivity contribution in [1.82, 2.24) is 4.90 Å². The molecule has 2 bridgehead atoms. The van der Waals surface area contributed by atoms with Gasteiger partial charge in [-0.05, 0) is 51.4 Å². The minimum absolute atomic E-state index is 0.0282. The van der Waals surface area contributed by atoms with E-state index in [1.807, 2.05) is 0 Å². The summed E-state index contributed by atoms with van der Waals surface area (Å²) in [5.74, 6) is 0. The molecule has 3 heteroatoms. The van der Waals surface area contributed by atoms with Crippen LogP contribution in [-0.4, -0.2) is 40.3 Å². The molecule has 3 rings (SSSR count). The molecule has 0 spiro atoms. The van der Waals surface area contributed by atoms with Gasteiger partial charge in [-0.15, -0.1) is 0 Å². The maximum Gasteiger partial charge on any atom is 0.0570 e. The Labute approximate surface area is 98.0 Å². The first kappa shape index (κ1) is 11.0. The first-order valence-electron chi connectivity index (χ1n) is 6.95. The Kier molecular flexibility index (Phi) is 2.94. The highest BCUT2D eigenvalue weighted by Crippen LogP contribution is 2.40. The summed E-state index contributed by atoms with van der Waals surface area (Å²) in [5.41, 5.74) is 5.97. The zero-order valence-corrected chi connectivity index (χ0v) is 10.0. The molecule has 2 saturated heterocycles. The molecule has 2 unspecified atom stereocenters. The van der Waals surface area contributed by atoms with E-state index in [0.29, 0.717) is 18.1 Å². The lowest BCUT2D eigenvalue weighted by Crippen LogP contribution is -2.51. The largest absolute Gasteiger partial charge is 0.393 e. The van der Waals surface area contributed by atoms with Gasteiger partial charge >= 0.3 is 0 Å². The Bertz CT molecular complexity index is 236. The highest BCUT2D eigenvalue weighted by atomic mass is 16.3. The van der Waals surface area contributed by atoms with E-state index in [2.05, 4.69) is 4.90 Å². The molecule has 16 heavy (non-hydrogen) atoms. The van der Waals surface area contributed by atoms with E-state index in [1.165, 1.54) is 38.5 Å². The van der Waals surface area contributed by atoms with Crippen LogP contribution in [0.5, 0.6) is 0 Å². The first-order valence-corrected chi connectivity index (χ1v) is 6.95. The second kappa shape index (κ2) is 4.28. The zero-order chi connectivity index (χ0) is 11.1. The fourth-order valence-electron chi connectivity index (χ4n) is 4.18. The van der Waals surface area contributed by atoms with E-state index < -0.39 is 0 Å². The molecule has 3 aliphatic rings. The van der Waals surface area contributed by atoms with Gasteiger partial charge in [0.05, 0.1) is 6.10 Å². The number of piperidine rings is 1. The van der Waals surface area contributed by atoms with Crippen LogP contribution < -0.4 is 5.73 Å². The molecule has 3 nitrogen and oxygen atoms in total. The quantitative estimate of drug-likeness (QED) is 0.704. The van der Waals surface area contributed by atoms with Crippen molar-refractivity contribution in [3.8, 4) is 0 Å². The molecule has 0 amide bonds. The predicted molar refractivity (Wildman–Crippen MR) is 64.1 cm³/mol. The van der Waals surface area contributed by atoms with E-state index in [1.54, 1.807) is 0 Å². The molecule has 1 saturated carbocycles. The lowest BCUT2D eigenvalue weighted by molar-refractivity contribution is -0.000433.